The molecule has 0 aliphatic rings. The largest absolute Gasteiger partial charge is 0.479 e. The van der Waals surface area contributed by atoms with Crippen molar-refractivity contribution in [1.82, 2.24) is 0 Å². The third kappa shape index (κ3) is 4.82. The minimum absolute atomic E-state index is 0.128. The summed E-state index contributed by atoms with van der Waals surface area (Å²) in [6.45, 7) is 3.18. The predicted octanol–water partition coefficient (Wildman–Crippen LogP) is 2.50. The highest BCUT2D eigenvalue weighted by Crippen LogP contribution is 2.24. The van der Waals surface area contributed by atoms with Crippen LogP contribution in [0.15, 0.2) is 47.4 Å². The highest BCUT2D eigenvalue weighted by molar-refractivity contribution is 7.90. The maximum atomic E-state index is 12.3. The molecule has 0 heterocycles. The Hall–Kier alpha value is -2.87. The van der Waals surface area contributed by atoms with Crippen LogP contribution in [0.1, 0.15) is 22.8 Å². The van der Waals surface area contributed by atoms with Crippen LogP contribution in [0, 0.1) is 6.92 Å². The molecule has 2 N–H and O–H groups in total. The molecule has 7 nitrogen and oxygen atoms in total. The Balaban J connectivity index is 2.17. The van der Waals surface area contributed by atoms with Gasteiger partial charge in [0.1, 0.15) is 5.75 Å². The number of anilines is 1. The number of aliphatic carboxylic acids is 1. The number of benzene rings is 2. The molecule has 0 unspecified atom stereocenters. The van der Waals surface area contributed by atoms with Gasteiger partial charge in [0.25, 0.3) is 5.91 Å². The molecular weight excluding hydrogens is 358 g/mol. The Morgan fingerprint density at radius 2 is 1.73 bits per heavy atom. The van der Waals surface area contributed by atoms with Gasteiger partial charge in [0.15, 0.2) is 15.9 Å². The van der Waals surface area contributed by atoms with Crippen LogP contribution in [0.5, 0.6) is 5.75 Å². The summed E-state index contributed by atoms with van der Waals surface area (Å²) in [7, 11) is -3.33. The van der Waals surface area contributed by atoms with E-state index in [4.69, 9.17) is 9.84 Å². The minimum atomic E-state index is -3.33. The number of sulfone groups is 1. The first-order valence-corrected chi connectivity index (χ1v) is 9.58. The molecule has 2 aromatic carbocycles. The zero-order chi connectivity index (χ0) is 19.5. The Bertz CT molecular complexity index is 935. The monoisotopic (exact) mass is 377 g/mol. The first kappa shape index (κ1) is 19.5. The number of aryl methyl sites for hydroxylation is 1. The smallest absolute Gasteiger partial charge is 0.344 e. The van der Waals surface area contributed by atoms with Gasteiger partial charge in [-0.1, -0.05) is 6.07 Å². The van der Waals surface area contributed by atoms with Crippen LogP contribution < -0.4 is 10.1 Å². The molecule has 2 rings (SSSR count). The van der Waals surface area contributed by atoms with Crippen molar-refractivity contribution >= 4 is 27.4 Å². The van der Waals surface area contributed by atoms with E-state index in [-0.39, 0.29) is 4.90 Å². The summed E-state index contributed by atoms with van der Waals surface area (Å²) in [6.07, 6.45) is 0.0665. The summed E-state index contributed by atoms with van der Waals surface area (Å²) >= 11 is 0. The molecule has 0 fully saturated rings. The van der Waals surface area contributed by atoms with E-state index in [1.165, 1.54) is 37.3 Å². The number of carboxylic acid groups (broad SMARTS) is 1. The second kappa shape index (κ2) is 7.57. The van der Waals surface area contributed by atoms with Gasteiger partial charge in [-0.15, -0.1) is 0 Å². The van der Waals surface area contributed by atoms with Gasteiger partial charge in [0.05, 0.1) is 4.90 Å². The number of amides is 1. The van der Waals surface area contributed by atoms with E-state index in [2.05, 4.69) is 5.32 Å². The first-order valence-electron chi connectivity index (χ1n) is 7.69. The summed E-state index contributed by atoms with van der Waals surface area (Å²) in [5, 5.41) is 11.6. The lowest BCUT2D eigenvalue weighted by atomic mass is 10.1. The molecule has 0 aromatic heterocycles. The molecule has 0 saturated heterocycles. The van der Waals surface area contributed by atoms with Gasteiger partial charge in [-0.2, -0.15) is 0 Å². The number of nitrogens with one attached hydrogen (secondary N) is 1. The van der Waals surface area contributed by atoms with Crippen molar-refractivity contribution in [2.24, 2.45) is 0 Å². The van der Waals surface area contributed by atoms with E-state index >= 15 is 0 Å². The molecule has 26 heavy (non-hydrogen) atoms. The highest BCUT2D eigenvalue weighted by Gasteiger charge is 2.15. The molecule has 8 heteroatoms. The van der Waals surface area contributed by atoms with Crippen molar-refractivity contribution in [2.45, 2.75) is 24.8 Å². The van der Waals surface area contributed by atoms with Crippen molar-refractivity contribution < 1.29 is 27.9 Å². The average Bonchev–Trinajstić information content (AvgIpc) is 2.57. The minimum Gasteiger partial charge on any atom is -0.479 e. The molecule has 0 spiro atoms. The zero-order valence-corrected chi connectivity index (χ0v) is 15.3. The molecule has 2 aromatic rings. The second-order valence-electron chi connectivity index (χ2n) is 5.83. The van der Waals surface area contributed by atoms with Crippen molar-refractivity contribution in [1.29, 1.82) is 0 Å². The number of rotatable bonds is 6. The van der Waals surface area contributed by atoms with Gasteiger partial charge in [0, 0.05) is 23.6 Å². The van der Waals surface area contributed by atoms with E-state index in [1.54, 1.807) is 19.1 Å². The summed E-state index contributed by atoms with van der Waals surface area (Å²) in [5.41, 5.74) is 1.45. The van der Waals surface area contributed by atoms with Crippen molar-refractivity contribution in [3.63, 3.8) is 0 Å². The Kier molecular flexibility index (Phi) is 5.66. The number of hydrogen-bond acceptors (Lipinski definition) is 5. The summed E-state index contributed by atoms with van der Waals surface area (Å²) in [5.74, 6) is -1.17. The Labute approximate surface area is 151 Å². The number of ether oxygens (including phenoxy) is 1. The Morgan fingerprint density at radius 3 is 2.27 bits per heavy atom. The maximum absolute atomic E-state index is 12.3. The topological polar surface area (TPSA) is 110 Å². The molecule has 0 bridgehead atoms. The van der Waals surface area contributed by atoms with Gasteiger partial charge in [-0.25, -0.2) is 13.2 Å². The second-order valence-corrected chi connectivity index (χ2v) is 7.84. The van der Waals surface area contributed by atoms with Gasteiger partial charge in [0.2, 0.25) is 0 Å². The SMILES string of the molecule is Cc1ccc(NC(=O)c2ccc(S(C)(=O)=O)cc2)cc1O[C@@H](C)C(=O)O. The highest BCUT2D eigenvalue weighted by atomic mass is 32.2. The summed E-state index contributed by atoms with van der Waals surface area (Å²) in [6, 6.07) is 10.5. The van der Waals surface area contributed by atoms with E-state index < -0.39 is 27.8 Å². The number of carbonyl (C=O) groups is 2. The fraction of sp³-hybridized carbons (Fsp3) is 0.222. The van der Waals surface area contributed by atoms with Crippen molar-refractivity contribution in [3.8, 4) is 5.75 Å². The van der Waals surface area contributed by atoms with E-state index in [9.17, 15) is 18.0 Å². The normalized spacial score (nSPS) is 12.3. The number of hydrogen-bond donors (Lipinski definition) is 2. The fourth-order valence-electron chi connectivity index (χ4n) is 2.10. The van der Waals surface area contributed by atoms with Crippen molar-refractivity contribution in [2.75, 3.05) is 11.6 Å². The molecule has 138 valence electrons. The molecule has 1 amide bonds. The van der Waals surface area contributed by atoms with Crippen LogP contribution in [-0.2, 0) is 14.6 Å². The van der Waals surface area contributed by atoms with E-state index in [0.717, 1.165) is 11.8 Å². The predicted molar refractivity (Wildman–Crippen MR) is 96.4 cm³/mol. The fourth-order valence-corrected chi connectivity index (χ4v) is 2.73. The van der Waals surface area contributed by atoms with E-state index in [1.807, 2.05) is 0 Å². The zero-order valence-electron chi connectivity index (χ0n) is 14.5. The maximum Gasteiger partial charge on any atom is 0.344 e. The van der Waals surface area contributed by atoms with Crippen LogP contribution in [0.3, 0.4) is 0 Å². The molecule has 0 aliphatic carbocycles. The quantitative estimate of drug-likeness (QED) is 0.800. The molecule has 1 atom stereocenters. The molecular formula is C18H19NO6S. The first-order chi connectivity index (χ1) is 12.1. The number of carboxylic acids is 1. The molecule has 0 saturated carbocycles. The van der Waals surface area contributed by atoms with Crippen LogP contribution in [0.2, 0.25) is 0 Å². The number of carbonyl (C=O) groups excluding carboxylic acids is 1. The van der Waals surface area contributed by atoms with Crippen LogP contribution in [0.25, 0.3) is 0 Å². The third-order valence-electron chi connectivity index (χ3n) is 3.64. The van der Waals surface area contributed by atoms with Crippen LogP contribution in [0.4, 0.5) is 5.69 Å². The third-order valence-corrected chi connectivity index (χ3v) is 4.77. The van der Waals surface area contributed by atoms with Crippen LogP contribution in [-0.4, -0.2) is 37.8 Å². The molecule has 0 aliphatic heterocycles. The van der Waals surface area contributed by atoms with Gasteiger partial charge >= 0.3 is 5.97 Å². The van der Waals surface area contributed by atoms with Crippen molar-refractivity contribution in [3.05, 3.63) is 53.6 Å². The lowest BCUT2D eigenvalue weighted by Crippen LogP contribution is -2.23. The lowest BCUT2D eigenvalue weighted by molar-refractivity contribution is -0.144. The summed E-state index contributed by atoms with van der Waals surface area (Å²) < 4.78 is 28.3. The Morgan fingerprint density at radius 1 is 1.12 bits per heavy atom. The molecule has 0 radical (unpaired) electrons. The average molecular weight is 377 g/mol. The van der Waals surface area contributed by atoms with E-state index in [0.29, 0.717) is 17.0 Å². The summed E-state index contributed by atoms with van der Waals surface area (Å²) in [4.78, 5) is 23.4. The standard InChI is InChI=1S/C18H19NO6S/c1-11-4-7-14(10-16(11)25-12(2)18(21)22)19-17(20)13-5-8-15(9-6-13)26(3,23)24/h4-10,12H,1-3H3,(H,19,20)(H,21,22)/t12-/m0/s1. The van der Waals surface area contributed by atoms with Gasteiger partial charge in [-0.3, -0.25) is 4.79 Å². The van der Waals surface area contributed by atoms with Gasteiger partial charge < -0.3 is 15.2 Å². The van der Waals surface area contributed by atoms with Crippen LogP contribution >= 0.6 is 0 Å². The van der Waals surface area contributed by atoms with Gasteiger partial charge in [-0.05, 0) is 49.7 Å². The lowest BCUT2D eigenvalue weighted by Gasteiger charge is -2.14.